The van der Waals surface area contributed by atoms with Gasteiger partial charge in [-0.15, -0.1) is 0 Å². The standard InChI is InChI=1S/C8H3F15O2/c1-24-3(9,7(19,20)21)8(22,23)25-2(4(10,11)12,5(13,14)15)6(16,17)18/h1H3. The van der Waals surface area contributed by atoms with Gasteiger partial charge in [0.15, 0.2) is 0 Å². The van der Waals surface area contributed by atoms with Crippen molar-refractivity contribution < 1.29 is 75.3 Å². The van der Waals surface area contributed by atoms with Gasteiger partial charge in [-0.1, -0.05) is 0 Å². The number of methoxy groups -OCH3 is 1. The maximum absolute atomic E-state index is 13.2. The maximum Gasteiger partial charge on any atom is 0.457 e. The molecular formula is C8H3F15O2. The Bertz CT molecular complexity index is 432. The van der Waals surface area contributed by atoms with Crippen LogP contribution in [0.5, 0.6) is 0 Å². The fourth-order valence-corrected chi connectivity index (χ4v) is 1.31. The number of hydrogen-bond acceptors (Lipinski definition) is 2. The molecule has 1 unspecified atom stereocenters. The van der Waals surface area contributed by atoms with Gasteiger partial charge in [-0.05, 0) is 0 Å². The Morgan fingerprint density at radius 3 is 0.920 bits per heavy atom. The molecule has 0 N–H and O–H groups in total. The molecule has 0 aromatic heterocycles. The molecule has 1 atom stereocenters. The number of rotatable bonds is 4. The van der Waals surface area contributed by atoms with Crippen molar-refractivity contribution in [2.45, 2.75) is 42.3 Å². The predicted octanol–water partition coefficient (Wildman–Crippen LogP) is 4.90. The first kappa shape index (κ1) is 23.9. The smallest absolute Gasteiger partial charge is 0.335 e. The van der Waals surface area contributed by atoms with E-state index in [0.717, 1.165) is 0 Å². The average molecular weight is 416 g/mol. The summed E-state index contributed by atoms with van der Waals surface area (Å²) in [7, 11) is -0.610. The number of alkyl halides is 15. The van der Waals surface area contributed by atoms with E-state index in [0.29, 0.717) is 0 Å². The Kier molecular flexibility index (Phi) is 5.68. The highest BCUT2D eigenvalue weighted by Crippen LogP contribution is 2.59. The van der Waals surface area contributed by atoms with Crippen molar-refractivity contribution in [2.75, 3.05) is 7.11 Å². The zero-order valence-electron chi connectivity index (χ0n) is 11.0. The van der Waals surface area contributed by atoms with Crippen molar-refractivity contribution in [3.8, 4) is 0 Å². The summed E-state index contributed by atoms with van der Waals surface area (Å²) in [5, 5.41) is 0. The fraction of sp³-hybridized carbons (Fsp3) is 1.00. The topological polar surface area (TPSA) is 18.5 Å². The molecule has 0 aliphatic heterocycles. The number of halogens is 15. The van der Waals surface area contributed by atoms with Crippen LogP contribution in [0.25, 0.3) is 0 Å². The van der Waals surface area contributed by atoms with Crippen molar-refractivity contribution in [1.82, 2.24) is 0 Å². The fourth-order valence-electron chi connectivity index (χ4n) is 1.31. The summed E-state index contributed by atoms with van der Waals surface area (Å²) in [5.41, 5.74) is -7.85. The summed E-state index contributed by atoms with van der Waals surface area (Å²) in [5.74, 6) is -6.77. The van der Waals surface area contributed by atoms with Crippen molar-refractivity contribution in [2.24, 2.45) is 0 Å². The summed E-state index contributed by atoms with van der Waals surface area (Å²) in [6.07, 6.45) is -38.0. The third-order valence-electron chi connectivity index (χ3n) is 2.50. The van der Waals surface area contributed by atoms with Gasteiger partial charge in [-0.25, -0.2) is 0 Å². The third kappa shape index (κ3) is 3.56. The Hall–Kier alpha value is -1.13. The van der Waals surface area contributed by atoms with Gasteiger partial charge < -0.3 is 4.74 Å². The van der Waals surface area contributed by atoms with Crippen molar-refractivity contribution in [3.63, 3.8) is 0 Å². The summed E-state index contributed by atoms with van der Waals surface area (Å²) in [6, 6.07) is 0. The second-order valence-electron chi connectivity index (χ2n) is 4.09. The minimum Gasteiger partial charge on any atom is -0.335 e. The molecule has 25 heavy (non-hydrogen) atoms. The molecule has 0 aliphatic carbocycles. The van der Waals surface area contributed by atoms with Gasteiger partial charge in [-0.2, -0.15) is 65.9 Å². The molecule has 0 rings (SSSR count). The first-order chi connectivity index (χ1) is 10.5. The van der Waals surface area contributed by atoms with Crippen LogP contribution in [0, 0.1) is 0 Å². The lowest BCUT2D eigenvalue weighted by molar-refractivity contribution is -0.541. The van der Waals surface area contributed by atoms with E-state index >= 15 is 0 Å². The van der Waals surface area contributed by atoms with E-state index in [1.54, 1.807) is 0 Å². The van der Waals surface area contributed by atoms with Gasteiger partial charge in [0, 0.05) is 7.11 Å². The van der Waals surface area contributed by atoms with Crippen LogP contribution in [-0.4, -0.2) is 49.4 Å². The normalized spacial score (nSPS) is 18.2. The van der Waals surface area contributed by atoms with Gasteiger partial charge in [0.05, 0.1) is 0 Å². The number of hydrogen-bond donors (Lipinski definition) is 0. The van der Waals surface area contributed by atoms with E-state index in [4.69, 9.17) is 0 Å². The van der Waals surface area contributed by atoms with Gasteiger partial charge in [-0.3, -0.25) is 4.74 Å². The van der Waals surface area contributed by atoms with E-state index in [-0.39, 0.29) is 0 Å². The lowest BCUT2D eigenvalue weighted by Gasteiger charge is -2.42. The lowest BCUT2D eigenvalue weighted by Crippen LogP contribution is -2.72. The molecule has 0 heterocycles. The Morgan fingerprint density at radius 2 is 0.760 bits per heavy atom. The molecule has 0 aliphatic rings. The van der Waals surface area contributed by atoms with Crippen molar-refractivity contribution in [3.05, 3.63) is 0 Å². The highest BCUT2D eigenvalue weighted by atomic mass is 19.4. The summed E-state index contributed by atoms with van der Waals surface area (Å²) < 4.78 is 191. The van der Waals surface area contributed by atoms with E-state index < -0.39 is 49.4 Å². The zero-order valence-corrected chi connectivity index (χ0v) is 11.0. The van der Waals surface area contributed by atoms with Crippen LogP contribution in [-0.2, 0) is 9.47 Å². The molecule has 2 nitrogen and oxygen atoms in total. The van der Waals surface area contributed by atoms with E-state index in [9.17, 15) is 65.9 Å². The van der Waals surface area contributed by atoms with Crippen LogP contribution in [0.4, 0.5) is 65.9 Å². The minimum atomic E-state index is -7.85. The summed E-state index contributed by atoms with van der Waals surface area (Å²) in [6.45, 7) is 0. The van der Waals surface area contributed by atoms with Gasteiger partial charge in [0.25, 0.3) is 0 Å². The largest absolute Gasteiger partial charge is 0.457 e. The zero-order chi connectivity index (χ0) is 20.9. The molecule has 0 bridgehead atoms. The van der Waals surface area contributed by atoms with Gasteiger partial charge in [0.1, 0.15) is 0 Å². The molecule has 0 saturated heterocycles. The van der Waals surface area contributed by atoms with E-state index in [1.165, 1.54) is 4.74 Å². The summed E-state index contributed by atoms with van der Waals surface area (Å²) >= 11 is 0. The monoisotopic (exact) mass is 416 g/mol. The minimum absolute atomic E-state index is 0.610. The highest BCUT2D eigenvalue weighted by molar-refractivity contribution is 5.04. The second kappa shape index (κ2) is 5.95. The van der Waals surface area contributed by atoms with Crippen LogP contribution < -0.4 is 0 Å². The van der Waals surface area contributed by atoms with Crippen molar-refractivity contribution in [1.29, 1.82) is 0 Å². The lowest BCUT2D eigenvalue weighted by atomic mass is 10.0. The molecular weight excluding hydrogens is 413 g/mol. The van der Waals surface area contributed by atoms with Crippen LogP contribution in [0.15, 0.2) is 0 Å². The Balaban J connectivity index is 6.69. The maximum atomic E-state index is 13.2. The molecule has 17 heteroatoms. The molecule has 0 saturated carbocycles. The average Bonchev–Trinajstić information content (AvgIpc) is 2.28. The highest BCUT2D eigenvalue weighted by Gasteiger charge is 2.90. The second-order valence-corrected chi connectivity index (χ2v) is 4.09. The predicted molar refractivity (Wildman–Crippen MR) is 43.8 cm³/mol. The quantitative estimate of drug-likeness (QED) is 0.608. The summed E-state index contributed by atoms with van der Waals surface area (Å²) in [4.78, 5) is 0. The van der Waals surface area contributed by atoms with Crippen LogP contribution >= 0.6 is 0 Å². The van der Waals surface area contributed by atoms with Crippen LogP contribution in [0.3, 0.4) is 0 Å². The number of ether oxygens (including phenoxy) is 2. The molecule has 0 radical (unpaired) electrons. The third-order valence-corrected chi connectivity index (χ3v) is 2.50. The Labute approximate surface area is 126 Å². The van der Waals surface area contributed by atoms with Gasteiger partial charge in [0.2, 0.25) is 0 Å². The van der Waals surface area contributed by atoms with Crippen LogP contribution in [0.1, 0.15) is 0 Å². The molecule has 152 valence electrons. The molecule has 0 fully saturated rings. The SMILES string of the molecule is COC(F)(C(F)(F)F)C(F)(F)OC(C(F)(F)F)(C(F)(F)F)C(F)(F)F. The van der Waals surface area contributed by atoms with E-state index in [1.807, 2.05) is 0 Å². The van der Waals surface area contributed by atoms with E-state index in [2.05, 4.69) is 4.74 Å². The first-order valence-electron chi connectivity index (χ1n) is 5.11. The first-order valence-corrected chi connectivity index (χ1v) is 5.11. The molecule has 0 amide bonds. The molecule has 0 aromatic rings. The molecule has 0 spiro atoms. The van der Waals surface area contributed by atoms with Gasteiger partial charge >= 0.3 is 42.3 Å². The van der Waals surface area contributed by atoms with Crippen LogP contribution in [0.2, 0.25) is 0 Å². The Morgan fingerprint density at radius 1 is 0.480 bits per heavy atom. The van der Waals surface area contributed by atoms with Crippen molar-refractivity contribution >= 4 is 0 Å². The molecule has 0 aromatic carbocycles.